The van der Waals surface area contributed by atoms with Crippen LogP contribution in [0.1, 0.15) is 30.0 Å². The summed E-state index contributed by atoms with van der Waals surface area (Å²) in [4.78, 5) is 28.7. The molecule has 1 aromatic carbocycles. The van der Waals surface area contributed by atoms with Crippen LogP contribution in [0.2, 0.25) is 0 Å². The van der Waals surface area contributed by atoms with Gasteiger partial charge in [-0.15, -0.1) is 0 Å². The van der Waals surface area contributed by atoms with Crippen molar-refractivity contribution in [3.05, 3.63) is 60.0 Å². The Bertz CT molecular complexity index is 1110. The van der Waals surface area contributed by atoms with E-state index in [1.54, 1.807) is 26.6 Å². The van der Waals surface area contributed by atoms with Crippen LogP contribution in [0, 0.1) is 0 Å². The number of methoxy groups -OCH3 is 2. The summed E-state index contributed by atoms with van der Waals surface area (Å²) in [5.74, 6) is 2.99. The van der Waals surface area contributed by atoms with Crippen LogP contribution in [0.15, 0.2) is 48.8 Å². The lowest BCUT2D eigenvalue weighted by Crippen LogP contribution is -2.40. The average molecular weight is 448 g/mol. The zero-order valence-electron chi connectivity index (χ0n) is 19.2. The van der Waals surface area contributed by atoms with Crippen LogP contribution >= 0.6 is 0 Å². The van der Waals surface area contributed by atoms with Crippen LogP contribution in [0.3, 0.4) is 0 Å². The monoisotopic (exact) mass is 447 g/mol. The number of ether oxygens (including phenoxy) is 2. The highest BCUT2D eigenvalue weighted by Crippen LogP contribution is 2.30. The Morgan fingerprint density at radius 1 is 1.18 bits per heavy atom. The molecule has 2 aromatic heterocycles. The minimum Gasteiger partial charge on any atom is -0.497 e. The first kappa shape index (κ1) is 22.5. The van der Waals surface area contributed by atoms with Gasteiger partial charge in [0, 0.05) is 55.6 Å². The van der Waals surface area contributed by atoms with E-state index < -0.39 is 0 Å². The number of piperidine rings is 1. The molecule has 0 bridgehead atoms. The molecule has 0 saturated carbocycles. The van der Waals surface area contributed by atoms with Crippen LogP contribution in [-0.2, 0) is 11.2 Å². The Balaban J connectivity index is 1.54. The zero-order valence-corrected chi connectivity index (χ0v) is 19.2. The molecule has 8 heteroatoms. The van der Waals surface area contributed by atoms with Gasteiger partial charge in [-0.1, -0.05) is 0 Å². The quantitative estimate of drug-likeness (QED) is 0.592. The fraction of sp³-hybridized carbons (Fsp3) is 0.360. The van der Waals surface area contributed by atoms with Gasteiger partial charge in [-0.2, -0.15) is 0 Å². The molecule has 3 aromatic rings. The van der Waals surface area contributed by atoms with E-state index in [0.717, 1.165) is 42.0 Å². The number of amides is 1. The number of carbonyl (C=O) groups is 1. The Hall–Kier alpha value is -3.68. The topological polar surface area (TPSA) is 89.5 Å². The van der Waals surface area contributed by atoms with Gasteiger partial charge in [0.2, 0.25) is 5.91 Å². The molecule has 3 heterocycles. The number of nitrogens with one attached hydrogen (secondary N) is 1. The summed E-state index contributed by atoms with van der Waals surface area (Å²) >= 11 is 0. The molecule has 1 aliphatic heterocycles. The largest absolute Gasteiger partial charge is 0.497 e. The highest BCUT2D eigenvalue weighted by atomic mass is 16.5. The van der Waals surface area contributed by atoms with E-state index in [4.69, 9.17) is 14.5 Å². The second-order valence-electron chi connectivity index (χ2n) is 8.03. The van der Waals surface area contributed by atoms with Gasteiger partial charge in [0.1, 0.15) is 17.3 Å². The maximum absolute atomic E-state index is 13.2. The summed E-state index contributed by atoms with van der Waals surface area (Å²) in [7, 11) is 5.07. The van der Waals surface area contributed by atoms with Crippen molar-refractivity contribution in [1.29, 1.82) is 0 Å². The molecule has 33 heavy (non-hydrogen) atoms. The van der Waals surface area contributed by atoms with Gasteiger partial charge in [-0.25, -0.2) is 9.97 Å². The second kappa shape index (κ2) is 10.3. The van der Waals surface area contributed by atoms with Crippen LogP contribution in [0.5, 0.6) is 11.5 Å². The minimum atomic E-state index is 0.0710. The number of aromatic nitrogens is 3. The standard InChI is InChI=1S/C25H29N5O3/c1-26-23-14-21(28-25(29-23)17-6-4-10-27-15-17)18-7-5-11-30(16-18)24(31)13-19-12-20(32-2)8-9-22(19)33-3/h4,6,8-10,12,14-15,18H,5,7,11,13,16H2,1-3H3,(H,26,28,29). The molecule has 8 nitrogen and oxygen atoms in total. The van der Waals surface area contributed by atoms with Crippen LogP contribution in [0.4, 0.5) is 5.82 Å². The number of hydrogen-bond donors (Lipinski definition) is 1. The number of rotatable bonds is 7. The van der Waals surface area contributed by atoms with E-state index in [9.17, 15) is 4.79 Å². The van der Waals surface area contributed by atoms with Crippen molar-refractivity contribution in [3.63, 3.8) is 0 Å². The summed E-state index contributed by atoms with van der Waals surface area (Å²) in [6.45, 7) is 1.36. The van der Waals surface area contributed by atoms with Crippen LogP contribution in [0.25, 0.3) is 11.4 Å². The number of likely N-dealkylation sites (tertiary alicyclic amines) is 1. The van der Waals surface area contributed by atoms with E-state index >= 15 is 0 Å². The summed E-state index contributed by atoms with van der Waals surface area (Å²) in [5.41, 5.74) is 2.62. The molecule has 1 fully saturated rings. The molecule has 1 aliphatic rings. The van der Waals surface area contributed by atoms with Gasteiger partial charge in [0.25, 0.3) is 0 Å². The third-order valence-corrected chi connectivity index (χ3v) is 5.94. The van der Waals surface area contributed by atoms with Crippen LogP contribution < -0.4 is 14.8 Å². The number of benzene rings is 1. The Morgan fingerprint density at radius 2 is 2.06 bits per heavy atom. The first-order chi connectivity index (χ1) is 16.1. The first-order valence-electron chi connectivity index (χ1n) is 11.1. The molecule has 0 radical (unpaired) electrons. The number of pyridine rings is 1. The molecule has 1 N–H and O–H groups in total. The Morgan fingerprint density at radius 3 is 2.79 bits per heavy atom. The Kier molecular flexibility index (Phi) is 7.02. The number of hydrogen-bond acceptors (Lipinski definition) is 7. The maximum atomic E-state index is 13.2. The number of carbonyl (C=O) groups excluding carboxylic acids is 1. The molecule has 1 unspecified atom stereocenters. The van der Waals surface area contributed by atoms with Crippen molar-refractivity contribution in [3.8, 4) is 22.9 Å². The van der Waals surface area contributed by atoms with Crippen molar-refractivity contribution in [2.75, 3.05) is 39.7 Å². The molecule has 1 atom stereocenters. The second-order valence-corrected chi connectivity index (χ2v) is 8.03. The van der Waals surface area contributed by atoms with Gasteiger partial charge in [0.05, 0.1) is 26.3 Å². The smallest absolute Gasteiger partial charge is 0.227 e. The van der Waals surface area contributed by atoms with Crippen molar-refractivity contribution < 1.29 is 14.3 Å². The van der Waals surface area contributed by atoms with E-state index in [-0.39, 0.29) is 18.2 Å². The van der Waals surface area contributed by atoms with E-state index in [1.807, 2.05) is 48.3 Å². The highest BCUT2D eigenvalue weighted by Gasteiger charge is 2.27. The lowest BCUT2D eigenvalue weighted by atomic mass is 9.93. The molecule has 4 rings (SSSR count). The molecule has 172 valence electrons. The van der Waals surface area contributed by atoms with E-state index in [0.29, 0.717) is 23.9 Å². The van der Waals surface area contributed by atoms with Gasteiger partial charge >= 0.3 is 0 Å². The fourth-order valence-corrected chi connectivity index (χ4v) is 4.17. The van der Waals surface area contributed by atoms with Gasteiger partial charge in [-0.3, -0.25) is 9.78 Å². The molecule has 0 spiro atoms. The minimum absolute atomic E-state index is 0.0710. The lowest BCUT2D eigenvalue weighted by Gasteiger charge is -2.33. The third kappa shape index (κ3) is 5.22. The normalized spacial score (nSPS) is 15.7. The molecule has 0 aliphatic carbocycles. The van der Waals surface area contributed by atoms with Gasteiger partial charge in [-0.05, 0) is 43.2 Å². The predicted molar refractivity (Wildman–Crippen MR) is 127 cm³/mol. The third-order valence-electron chi connectivity index (χ3n) is 5.94. The SMILES string of the molecule is CNc1cc(C2CCCN(C(=O)Cc3cc(OC)ccc3OC)C2)nc(-c2cccnc2)n1. The first-order valence-corrected chi connectivity index (χ1v) is 11.1. The van der Waals surface area contributed by atoms with E-state index in [2.05, 4.69) is 15.3 Å². The van der Waals surface area contributed by atoms with Crippen LogP contribution in [-0.4, -0.2) is 60.1 Å². The van der Waals surface area contributed by atoms with Crippen molar-refractivity contribution in [2.24, 2.45) is 0 Å². The molecular formula is C25H29N5O3. The predicted octanol–water partition coefficient (Wildman–Crippen LogP) is 3.55. The number of nitrogens with zero attached hydrogens (tertiary/aromatic N) is 4. The average Bonchev–Trinajstić information content (AvgIpc) is 2.88. The summed E-state index contributed by atoms with van der Waals surface area (Å²) in [5, 5.41) is 3.13. The Labute approximate surface area is 194 Å². The van der Waals surface area contributed by atoms with Crippen molar-refractivity contribution >= 4 is 11.7 Å². The van der Waals surface area contributed by atoms with Gasteiger partial charge in [0.15, 0.2) is 5.82 Å². The van der Waals surface area contributed by atoms with Crippen molar-refractivity contribution in [1.82, 2.24) is 19.9 Å². The lowest BCUT2D eigenvalue weighted by molar-refractivity contribution is -0.131. The van der Waals surface area contributed by atoms with E-state index in [1.165, 1.54) is 0 Å². The molecule has 1 saturated heterocycles. The maximum Gasteiger partial charge on any atom is 0.227 e. The number of anilines is 1. The highest BCUT2D eigenvalue weighted by molar-refractivity contribution is 5.80. The fourth-order valence-electron chi connectivity index (χ4n) is 4.17. The summed E-state index contributed by atoms with van der Waals surface area (Å²) < 4.78 is 10.8. The summed E-state index contributed by atoms with van der Waals surface area (Å²) in [6, 6.07) is 11.3. The summed E-state index contributed by atoms with van der Waals surface area (Å²) in [6.07, 6.45) is 5.65. The van der Waals surface area contributed by atoms with Crippen molar-refractivity contribution in [2.45, 2.75) is 25.2 Å². The van der Waals surface area contributed by atoms with Gasteiger partial charge < -0.3 is 19.7 Å². The zero-order chi connectivity index (χ0) is 23.2. The molecule has 1 amide bonds. The molecular weight excluding hydrogens is 418 g/mol.